The number of amides is 1. The molecule has 0 atom stereocenters. The first-order chi connectivity index (χ1) is 15.9. The van der Waals surface area contributed by atoms with E-state index in [1.807, 2.05) is 0 Å². The Morgan fingerprint density at radius 1 is 0.818 bits per heavy atom. The van der Waals surface area contributed by atoms with Gasteiger partial charge in [-0.05, 0) is 36.1 Å². The molecular formula is C30H47NOSi. The standard InChI is InChI=1S/C30H47NOSi/c1-5-6-7-8-9-10-11-14-24-33(3,4)25-22-30(32)31-23-21-27-15-12-13-16-29(27)28-19-17-26(2)18-20-28/h12-13,15-20H,5-11,14,21-25H2,1-4H3,(H,31,32). The van der Waals surface area contributed by atoms with Gasteiger partial charge >= 0.3 is 0 Å². The molecule has 0 spiro atoms. The summed E-state index contributed by atoms with van der Waals surface area (Å²) < 4.78 is 0. The summed E-state index contributed by atoms with van der Waals surface area (Å²) in [5, 5.41) is 3.18. The predicted octanol–water partition coefficient (Wildman–Crippen LogP) is 8.56. The molecule has 0 aliphatic heterocycles. The molecule has 0 aliphatic carbocycles. The summed E-state index contributed by atoms with van der Waals surface area (Å²) in [6.07, 6.45) is 12.6. The zero-order valence-electron chi connectivity index (χ0n) is 21.7. The molecular weight excluding hydrogens is 418 g/mol. The fourth-order valence-electron chi connectivity index (χ4n) is 4.49. The Labute approximate surface area is 204 Å². The third-order valence-corrected chi connectivity index (χ3v) is 10.1. The van der Waals surface area contributed by atoms with Crippen molar-refractivity contribution in [3.8, 4) is 11.1 Å². The van der Waals surface area contributed by atoms with Crippen LogP contribution in [-0.4, -0.2) is 20.5 Å². The number of hydrogen-bond acceptors (Lipinski definition) is 1. The van der Waals surface area contributed by atoms with Gasteiger partial charge in [-0.2, -0.15) is 0 Å². The van der Waals surface area contributed by atoms with Crippen molar-refractivity contribution in [3.63, 3.8) is 0 Å². The highest BCUT2D eigenvalue weighted by molar-refractivity contribution is 6.77. The number of nitrogens with one attached hydrogen (secondary N) is 1. The van der Waals surface area contributed by atoms with Crippen LogP contribution in [0.15, 0.2) is 48.5 Å². The maximum atomic E-state index is 12.5. The third-order valence-electron chi connectivity index (χ3n) is 6.83. The van der Waals surface area contributed by atoms with E-state index in [2.05, 4.69) is 80.8 Å². The normalized spacial score (nSPS) is 11.5. The van der Waals surface area contributed by atoms with Crippen molar-refractivity contribution in [3.05, 3.63) is 59.7 Å². The van der Waals surface area contributed by atoms with E-state index in [0.717, 1.165) is 12.5 Å². The Morgan fingerprint density at radius 3 is 2.15 bits per heavy atom. The molecule has 0 bridgehead atoms. The van der Waals surface area contributed by atoms with E-state index in [0.29, 0.717) is 13.0 Å². The molecule has 0 aliphatic rings. The van der Waals surface area contributed by atoms with Crippen LogP contribution in [0.3, 0.4) is 0 Å². The summed E-state index contributed by atoms with van der Waals surface area (Å²) in [6, 6.07) is 19.7. The van der Waals surface area contributed by atoms with Crippen molar-refractivity contribution in [2.75, 3.05) is 6.54 Å². The summed E-state index contributed by atoms with van der Waals surface area (Å²) in [5.74, 6) is 0.222. The SMILES string of the molecule is CCCCCCCCCC[Si](C)(C)CCC(=O)NCCc1ccccc1-c1ccc(C)cc1. The number of benzene rings is 2. The maximum Gasteiger partial charge on any atom is 0.219 e. The molecule has 0 saturated carbocycles. The van der Waals surface area contributed by atoms with Crippen LogP contribution in [0.4, 0.5) is 0 Å². The second kappa shape index (κ2) is 15.1. The number of carbonyl (C=O) groups is 1. The fraction of sp³-hybridized carbons (Fsp3) is 0.567. The monoisotopic (exact) mass is 465 g/mol. The minimum absolute atomic E-state index is 0.222. The Balaban J connectivity index is 1.66. The molecule has 0 aromatic heterocycles. The first-order valence-corrected chi connectivity index (χ1v) is 16.7. The summed E-state index contributed by atoms with van der Waals surface area (Å²) in [5.41, 5.74) is 5.09. The van der Waals surface area contributed by atoms with Gasteiger partial charge in [-0.15, -0.1) is 0 Å². The van der Waals surface area contributed by atoms with E-state index in [1.165, 1.54) is 79.7 Å². The molecule has 0 radical (unpaired) electrons. The van der Waals surface area contributed by atoms with Crippen LogP contribution >= 0.6 is 0 Å². The van der Waals surface area contributed by atoms with Gasteiger partial charge < -0.3 is 5.32 Å². The lowest BCUT2D eigenvalue weighted by Gasteiger charge is -2.22. The first-order valence-electron chi connectivity index (χ1n) is 13.3. The van der Waals surface area contributed by atoms with Crippen molar-refractivity contribution in [1.82, 2.24) is 5.32 Å². The molecule has 0 saturated heterocycles. The van der Waals surface area contributed by atoms with Gasteiger partial charge in [0, 0.05) is 21.0 Å². The molecule has 0 heterocycles. The van der Waals surface area contributed by atoms with Crippen LogP contribution in [0.1, 0.15) is 75.8 Å². The predicted molar refractivity (Wildman–Crippen MR) is 148 cm³/mol. The van der Waals surface area contributed by atoms with Crippen LogP contribution in [0.5, 0.6) is 0 Å². The van der Waals surface area contributed by atoms with Crippen molar-refractivity contribution in [2.24, 2.45) is 0 Å². The minimum Gasteiger partial charge on any atom is -0.356 e. The molecule has 2 nitrogen and oxygen atoms in total. The summed E-state index contributed by atoms with van der Waals surface area (Å²) >= 11 is 0. The molecule has 0 fully saturated rings. The lowest BCUT2D eigenvalue weighted by atomic mass is 9.97. The molecule has 1 amide bonds. The van der Waals surface area contributed by atoms with E-state index >= 15 is 0 Å². The Kier molecular flexibility index (Phi) is 12.5. The smallest absolute Gasteiger partial charge is 0.219 e. The van der Waals surface area contributed by atoms with Crippen molar-refractivity contribution < 1.29 is 4.79 Å². The Hall–Kier alpha value is -1.87. The number of rotatable bonds is 16. The van der Waals surface area contributed by atoms with Crippen molar-refractivity contribution >= 4 is 14.0 Å². The topological polar surface area (TPSA) is 29.1 Å². The lowest BCUT2D eigenvalue weighted by Crippen LogP contribution is -2.30. The highest BCUT2D eigenvalue weighted by atomic mass is 28.3. The van der Waals surface area contributed by atoms with Crippen LogP contribution in [0.2, 0.25) is 25.2 Å². The molecule has 0 unspecified atom stereocenters. The van der Waals surface area contributed by atoms with Crippen molar-refractivity contribution in [1.29, 1.82) is 0 Å². The minimum atomic E-state index is -1.27. The average Bonchev–Trinajstić information content (AvgIpc) is 2.80. The molecule has 2 aromatic rings. The van der Waals surface area contributed by atoms with E-state index in [4.69, 9.17) is 0 Å². The van der Waals surface area contributed by atoms with E-state index in [1.54, 1.807) is 0 Å². The Bertz CT molecular complexity index is 812. The van der Waals surface area contributed by atoms with Gasteiger partial charge in [0.15, 0.2) is 0 Å². The maximum absolute atomic E-state index is 12.5. The van der Waals surface area contributed by atoms with Gasteiger partial charge in [-0.3, -0.25) is 4.79 Å². The highest BCUT2D eigenvalue weighted by Gasteiger charge is 2.21. The zero-order valence-corrected chi connectivity index (χ0v) is 22.7. The molecule has 182 valence electrons. The van der Waals surface area contributed by atoms with E-state index < -0.39 is 8.07 Å². The van der Waals surface area contributed by atoms with Gasteiger partial charge in [-0.1, -0.05) is 132 Å². The Morgan fingerprint density at radius 2 is 1.45 bits per heavy atom. The number of carbonyl (C=O) groups excluding carboxylic acids is 1. The quantitative estimate of drug-likeness (QED) is 0.195. The number of unbranched alkanes of at least 4 members (excludes halogenated alkanes) is 7. The summed E-state index contributed by atoms with van der Waals surface area (Å²) in [6.45, 7) is 10.0. The van der Waals surface area contributed by atoms with Gasteiger partial charge in [0.1, 0.15) is 0 Å². The summed E-state index contributed by atoms with van der Waals surface area (Å²) in [4.78, 5) is 12.5. The van der Waals surface area contributed by atoms with Crippen LogP contribution in [-0.2, 0) is 11.2 Å². The number of hydrogen-bond donors (Lipinski definition) is 1. The highest BCUT2D eigenvalue weighted by Crippen LogP contribution is 2.25. The largest absolute Gasteiger partial charge is 0.356 e. The second-order valence-corrected chi connectivity index (χ2v) is 15.8. The number of aryl methyl sites for hydroxylation is 1. The van der Waals surface area contributed by atoms with Crippen LogP contribution in [0.25, 0.3) is 11.1 Å². The van der Waals surface area contributed by atoms with Crippen molar-refractivity contribution in [2.45, 2.75) is 103 Å². The van der Waals surface area contributed by atoms with Gasteiger partial charge in [0.2, 0.25) is 5.91 Å². The van der Waals surface area contributed by atoms with E-state index in [-0.39, 0.29) is 5.91 Å². The molecule has 33 heavy (non-hydrogen) atoms. The van der Waals surface area contributed by atoms with Gasteiger partial charge in [-0.25, -0.2) is 0 Å². The average molecular weight is 466 g/mol. The zero-order chi connectivity index (χ0) is 23.9. The third kappa shape index (κ3) is 11.2. The molecule has 1 N–H and O–H groups in total. The summed E-state index contributed by atoms with van der Waals surface area (Å²) in [7, 11) is -1.27. The van der Waals surface area contributed by atoms with Crippen LogP contribution in [0, 0.1) is 6.92 Å². The molecule has 2 rings (SSSR count). The van der Waals surface area contributed by atoms with Crippen LogP contribution < -0.4 is 5.32 Å². The van der Waals surface area contributed by atoms with Gasteiger partial charge in [0.25, 0.3) is 0 Å². The second-order valence-electron chi connectivity index (χ2n) is 10.5. The van der Waals surface area contributed by atoms with Gasteiger partial charge in [0.05, 0.1) is 0 Å². The first kappa shape index (κ1) is 27.4. The molecule has 2 aromatic carbocycles. The lowest BCUT2D eigenvalue weighted by molar-refractivity contribution is -0.120. The fourth-order valence-corrected chi connectivity index (χ4v) is 6.85. The van der Waals surface area contributed by atoms with E-state index in [9.17, 15) is 4.79 Å². The molecule has 3 heteroatoms.